The van der Waals surface area contributed by atoms with Crippen LogP contribution in [0.3, 0.4) is 0 Å². The molecule has 0 amide bonds. The molecule has 0 spiro atoms. The van der Waals surface area contributed by atoms with Crippen LogP contribution in [-0.4, -0.2) is 63.1 Å². The minimum Gasteiger partial charge on any atom is -0.377 e. The standard InChI is InChI=1S/C20H32N2O3S/c1-15-13-16(2)18(4)20(17(15)3)26(23,24)22-10-8-21(9-11-22)14-19-7-5-6-12-25-19/h13,19H,5-12,14H2,1-4H3/t19-/m1/s1. The van der Waals surface area contributed by atoms with Crippen LogP contribution < -0.4 is 0 Å². The van der Waals surface area contributed by atoms with E-state index in [4.69, 9.17) is 4.74 Å². The Kier molecular flexibility index (Phi) is 6.07. The van der Waals surface area contributed by atoms with E-state index in [-0.39, 0.29) is 0 Å². The van der Waals surface area contributed by atoms with Crippen LogP contribution in [-0.2, 0) is 14.8 Å². The van der Waals surface area contributed by atoms with Gasteiger partial charge in [0.2, 0.25) is 10.0 Å². The SMILES string of the molecule is Cc1cc(C)c(C)c(S(=O)(=O)N2CCN(C[C@H]3CCCCO3)CC2)c1C. The number of benzene rings is 1. The summed E-state index contributed by atoms with van der Waals surface area (Å²) in [5.74, 6) is 0. The molecule has 2 heterocycles. The lowest BCUT2D eigenvalue weighted by Crippen LogP contribution is -2.51. The highest BCUT2D eigenvalue weighted by atomic mass is 32.2. The number of nitrogens with zero attached hydrogens (tertiary/aromatic N) is 2. The summed E-state index contributed by atoms with van der Waals surface area (Å²) in [5, 5.41) is 0. The normalized spacial score (nSPS) is 23.3. The molecule has 146 valence electrons. The molecule has 5 nitrogen and oxygen atoms in total. The molecule has 0 N–H and O–H groups in total. The lowest BCUT2D eigenvalue weighted by atomic mass is 10.0. The smallest absolute Gasteiger partial charge is 0.243 e. The minimum absolute atomic E-state index is 0.316. The van der Waals surface area contributed by atoms with Gasteiger partial charge in [0.15, 0.2) is 0 Å². The van der Waals surface area contributed by atoms with Gasteiger partial charge in [0.05, 0.1) is 11.0 Å². The zero-order chi connectivity index (χ0) is 18.9. The maximum Gasteiger partial charge on any atom is 0.243 e. The van der Waals surface area contributed by atoms with E-state index >= 15 is 0 Å². The van der Waals surface area contributed by atoms with Crippen LogP contribution >= 0.6 is 0 Å². The molecule has 3 rings (SSSR count). The minimum atomic E-state index is -3.45. The molecule has 2 aliphatic heterocycles. The first kappa shape index (κ1) is 19.8. The Morgan fingerprint density at radius 3 is 2.15 bits per heavy atom. The Hall–Kier alpha value is -0.950. The van der Waals surface area contributed by atoms with Crippen LogP contribution in [0.5, 0.6) is 0 Å². The Morgan fingerprint density at radius 1 is 1.00 bits per heavy atom. The Morgan fingerprint density at radius 2 is 1.62 bits per heavy atom. The van der Waals surface area contributed by atoms with Crippen molar-refractivity contribution in [2.24, 2.45) is 0 Å². The van der Waals surface area contributed by atoms with Gasteiger partial charge < -0.3 is 4.74 Å². The van der Waals surface area contributed by atoms with Gasteiger partial charge in [-0.05, 0) is 69.2 Å². The number of piperazine rings is 1. The second-order valence-electron chi connectivity index (χ2n) is 7.78. The highest BCUT2D eigenvalue weighted by molar-refractivity contribution is 7.89. The summed E-state index contributed by atoms with van der Waals surface area (Å²) in [7, 11) is -3.45. The third-order valence-electron chi connectivity index (χ3n) is 5.96. The second kappa shape index (κ2) is 7.97. The Labute approximate surface area is 158 Å². The first-order valence-electron chi connectivity index (χ1n) is 9.72. The summed E-state index contributed by atoms with van der Waals surface area (Å²) >= 11 is 0. The van der Waals surface area contributed by atoms with Crippen molar-refractivity contribution >= 4 is 10.0 Å². The molecule has 1 atom stereocenters. The van der Waals surface area contributed by atoms with Gasteiger partial charge in [0, 0.05) is 39.3 Å². The van der Waals surface area contributed by atoms with Crippen LogP contribution in [0.2, 0.25) is 0 Å². The van der Waals surface area contributed by atoms with Crippen LogP contribution in [0.1, 0.15) is 41.5 Å². The highest BCUT2D eigenvalue weighted by Crippen LogP contribution is 2.29. The predicted octanol–water partition coefficient (Wildman–Crippen LogP) is 2.80. The topological polar surface area (TPSA) is 49.9 Å². The predicted molar refractivity (Wildman–Crippen MR) is 104 cm³/mol. The van der Waals surface area contributed by atoms with Crippen molar-refractivity contribution in [1.29, 1.82) is 0 Å². The zero-order valence-corrected chi connectivity index (χ0v) is 17.4. The van der Waals surface area contributed by atoms with Crippen molar-refractivity contribution in [3.05, 3.63) is 28.3 Å². The molecule has 0 radical (unpaired) electrons. The fraction of sp³-hybridized carbons (Fsp3) is 0.700. The molecule has 2 fully saturated rings. The van der Waals surface area contributed by atoms with E-state index in [1.54, 1.807) is 4.31 Å². The Balaban J connectivity index is 1.71. The molecule has 0 aromatic heterocycles. The molecule has 26 heavy (non-hydrogen) atoms. The molecule has 1 aromatic rings. The molecular weight excluding hydrogens is 348 g/mol. The van der Waals surface area contributed by atoms with Crippen molar-refractivity contribution in [1.82, 2.24) is 9.21 Å². The quantitative estimate of drug-likeness (QED) is 0.806. The summed E-state index contributed by atoms with van der Waals surface area (Å²) in [6.07, 6.45) is 3.84. The largest absolute Gasteiger partial charge is 0.377 e. The Bertz CT molecular complexity index is 721. The van der Waals surface area contributed by atoms with E-state index in [1.165, 1.54) is 6.42 Å². The highest BCUT2D eigenvalue weighted by Gasteiger charge is 2.32. The van der Waals surface area contributed by atoms with Crippen molar-refractivity contribution in [3.63, 3.8) is 0 Å². The third-order valence-corrected chi connectivity index (χ3v) is 8.14. The molecular formula is C20H32N2O3S. The van der Waals surface area contributed by atoms with E-state index in [9.17, 15) is 8.42 Å². The van der Waals surface area contributed by atoms with Gasteiger partial charge >= 0.3 is 0 Å². The van der Waals surface area contributed by atoms with Crippen LogP contribution in [0, 0.1) is 27.7 Å². The monoisotopic (exact) mass is 380 g/mol. The maximum atomic E-state index is 13.3. The summed E-state index contributed by atoms with van der Waals surface area (Å²) in [4.78, 5) is 2.86. The fourth-order valence-corrected chi connectivity index (χ4v) is 6.09. The molecule has 1 aromatic carbocycles. The molecule has 0 saturated carbocycles. The van der Waals surface area contributed by atoms with Crippen molar-refractivity contribution in [2.45, 2.75) is 58.0 Å². The van der Waals surface area contributed by atoms with Crippen LogP contribution in [0.25, 0.3) is 0 Å². The van der Waals surface area contributed by atoms with Crippen LogP contribution in [0.4, 0.5) is 0 Å². The molecule has 2 saturated heterocycles. The molecule has 0 aliphatic carbocycles. The van der Waals surface area contributed by atoms with Gasteiger partial charge in [0.25, 0.3) is 0 Å². The van der Waals surface area contributed by atoms with Gasteiger partial charge in [-0.2, -0.15) is 4.31 Å². The van der Waals surface area contributed by atoms with E-state index in [0.717, 1.165) is 61.3 Å². The molecule has 0 unspecified atom stereocenters. The van der Waals surface area contributed by atoms with Gasteiger partial charge in [-0.25, -0.2) is 8.42 Å². The number of ether oxygens (including phenoxy) is 1. The first-order chi connectivity index (χ1) is 12.3. The van der Waals surface area contributed by atoms with Crippen molar-refractivity contribution < 1.29 is 13.2 Å². The summed E-state index contributed by atoms with van der Waals surface area (Å²) in [6.45, 7) is 12.3. The van der Waals surface area contributed by atoms with Crippen molar-refractivity contribution in [2.75, 3.05) is 39.3 Å². The average Bonchev–Trinajstić information content (AvgIpc) is 2.61. The lowest BCUT2D eigenvalue weighted by molar-refractivity contribution is -0.0103. The first-order valence-corrected chi connectivity index (χ1v) is 11.2. The fourth-order valence-electron chi connectivity index (χ4n) is 4.09. The second-order valence-corrected chi connectivity index (χ2v) is 9.66. The molecule has 0 bridgehead atoms. The van der Waals surface area contributed by atoms with Gasteiger partial charge in [-0.15, -0.1) is 0 Å². The maximum absolute atomic E-state index is 13.3. The summed E-state index contributed by atoms with van der Waals surface area (Å²) in [6, 6.07) is 2.08. The third kappa shape index (κ3) is 3.98. The number of sulfonamides is 1. The zero-order valence-electron chi connectivity index (χ0n) is 16.5. The average molecular weight is 381 g/mol. The number of rotatable bonds is 4. The molecule has 6 heteroatoms. The van der Waals surface area contributed by atoms with Gasteiger partial charge in [-0.3, -0.25) is 4.90 Å². The van der Waals surface area contributed by atoms with E-state index < -0.39 is 10.0 Å². The van der Waals surface area contributed by atoms with E-state index in [0.29, 0.717) is 24.1 Å². The summed E-state index contributed by atoms with van der Waals surface area (Å²) in [5.41, 5.74) is 3.84. The number of aryl methyl sites for hydroxylation is 2. The van der Waals surface area contributed by atoms with Gasteiger partial charge in [-0.1, -0.05) is 6.07 Å². The van der Waals surface area contributed by atoms with E-state index in [1.807, 2.05) is 27.7 Å². The van der Waals surface area contributed by atoms with Crippen LogP contribution in [0.15, 0.2) is 11.0 Å². The van der Waals surface area contributed by atoms with E-state index in [2.05, 4.69) is 11.0 Å². The number of hydrogen-bond donors (Lipinski definition) is 0. The molecule has 2 aliphatic rings. The summed E-state index contributed by atoms with van der Waals surface area (Å²) < 4.78 is 34.1. The van der Waals surface area contributed by atoms with Gasteiger partial charge in [0.1, 0.15) is 0 Å². The lowest BCUT2D eigenvalue weighted by Gasteiger charge is -2.37. The van der Waals surface area contributed by atoms with Crippen molar-refractivity contribution in [3.8, 4) is 0 Å². The number of hydrogen-bond acceptors (Lipinski definition) is 4.